The molecule has 0 spiro atoms. The van der Waals surface area contributed by atoms with Crippen molar-refractivity contribution in [1.29, 1.82) is 0 Å². The molecule has 3 nitrogen and oxygen atoms in total. The number of hydrogen-bond donors (Lipinski definition) is 0. The first-order valence-corrected chi connectivity index (χ1v) is 4.19. The number of cyclic esters (lactones) is 1. The van der Waals surface area contributed by atoms with Crippen molar-refractivity contribution in [3.05, 3.63) is 0 Å². The summed E-state index contributed by atoms with van der Waals surface area (Å²) < 4.78 is 4.82. The fraction of sp³-hybridized carbons (Fsp3) is 0.875. The highest BCUT2D eigenvalue weighted by atomic mass is 16.6. The second-order valence-corrected chi connectivity index (χ2v) is 2.95. The predicted molar refractivity (Wildman–Crippen MR) is 42.4 cm³/mol. The Kier molecular flexibility index (Phi) is 2.74. The summed E-state index contributed by atoms with van der Waals surface area (Å²) in [6, 6.07) is 0.343. The van der Waals surface area contributed by atoms with Crippen LogP contribution in [0.1, 0.15) is 26.7 Å². The minimum absolute atomic E-state index is 0.147. The summed E-state index contributed by atoms with van der Waals surface area (Å²) in [7, 11) is 0. The highest BCUT2D eigenvalue weighted by Crippen LogP contribution is 2.11. The minimum Gasteiger partial charge on any atom is -0.448 e. The van der Waals surface area contributed by atoms with Crippen molar-refractivity contribution < 1.29 is 9.53 Å². The fourth-order valence-corrected chi connectivity index (χ4v) is 1.38. The number of ether oxygens (including phenoxy) is 1. The molecule has 3 heteroatoms. The van der Waals surface area contributed by atoms with E-state index >= 15 is 0 Å². The first kappa shape index (κ1) is 8.37. The molecular formula is C8H15NO2. The summed E-state index contributed by atoms with van der Waals surface area (Å²) in [5.41, 5.74) is 0. The van der Waals surface area contributed by atoms with Gasteiger partial charge in [0.15, 0.2) is 0 Å². The van der Waals surface area contributed by atoms with Gasteiger partial charge in [-0.2, -0.15) is 0 Å². The number of carbonyl (C=O) groups excluding carboxylic acids is 1. The summed E-state index contributed by atoms with van der Waals surface area (Å²) in [6.45, 7) is 5.51. The topological polar surface area (TPSA) is 29.5 Å². The molecule has 0 bridgehead atoms. The van der Waals surface area contributed by atoms with Crippen LogP contribution >= 0.6 is 0 Å². The Balaban J connectivity index is 2.39. The van der Waals surface area contributed by atoms with Gasteiger partial charge in [-0.15, -0.1) is 0 Å². The van der Waals surface area contributed by atoms with Crippen molar-refractivity contribution in [1.82, 2.24) is 4.90 Å². The lowest BCUT2D eigenvalue weighted by Crippen LogP contribution is -2.33. The van der Waals surface area contributed by atoms with Gasteiger partial charge in [-0.3, -0.25) is 0 Å². The zero-order valence-corrected chi connectivity index (χ0v) is 7.17. The fourth-order valence-electron chi connectivity index (χ4n) is 1.38. The second-order valence-electron chi connectivity index (χ2n) is 2.95. The Hall–Kier alpha value is -0.730. The van der Waals surface area contributed by atoms with E-state index in [0.717, 1.165) is 19.4 Å². The van der Waals surface area contributed by atoms with Crippen molar-refractivity contribution in [3.63, 3.8) is 0 Å². The Morgan fingerprint density at radius 3 is 2.91 bits per heavy atom. The van der Waals surface area contributed by atoms with E-state index in [9.17, 15) is 4.79 Å². The van der Waals surface area contributed by atoms with Crippen LogP contribution in [0.2, 0.25) is 0 Å². The highest BCUT2D eigenvalue weighted by Gasteiger charge is 2.25. The minimum atomic E-state index is -0.147. The maximum atomic E-state index is 11.0. The van der Waals surface area contributed by atoms with Gasteiger partial charge in [0.1, 0.15) is 6.61 Å². The Bertz CT molecular complexity index is 147. The lowest BCUT2D eigenvalue weighted by molar-refractivity contribution is 0.148. The van der Waals surface area contributed by atoms with Gasteiger partial charge < -0.3 is 9.64 Å². The molecule has 0 aromatic rings. The lowest BCUT2D eigenvalue weighted by atomic mass is 10.2. The summed E-state index contributed by atoms with van der Waals surface area (Å²) in [5.74, 6) is 0. The molecule has 0 aliphatic carbocycles. The standard InChI is InChI=1S/C8H15NO2/c1-3-4-7(2)9-5-6-11-8(9)10/h7H,3-6H2,1-2H3. The zero-order chi connectivity index (χ0) is 8.27. The third kappa shape index (κ3) is 1.85. The van der Waals surface area contributed by atoms with Crippen molar-refractivity contribution in [2.75, 3.05) is 13.2 Å². The molecule has 1 aliphatic heterocycles. The lowest BCUT2D eigenvalue weighted by Gasteiger charge is -2.20. The molecule has 0 saturated carbocycles. The van der Waals surface area contributed by atoms with Gasteiger partial charge in [0.25, 0.3) is 0 Å². The van der Waals surface area contributed by atoms with Crippen LogP contribution in [0.15, 0.2) is 0 Å². The van der Waals surface area contributed by atoms with Crippen LogP contribution in [0.5, 0.6) is 0 Å². The number of hydrogen-bond acceptors (Lipinski definition) is 2. The van der Waals surface area contributed by atoms with Crippen molar-refractivity contribution in [2.24, 2.45) is 0 Å². The smallest absolute Gasteiger partial charge is 0.410 e. The number of amides is 1. The van der Waals surface area contributed by atoms with Gasteiger partial charge in [0.05, 0.1) is 6.54 Å². The Morgan fingerprint density at radius 1 is 1.73 bits per heavy atom. The molecule has 11 heavy (non-hydrogen) atoms. The molecule has 1 heterocycles. The molecular weight excluding hydrogens is 142 g/mol. The molecule has 1 rings (SSSR count). The first-order valence-electron chi connectivity index (χ1n) is 4.19. The van der Waals surface area contributed by atoms with E-state index in [1.54, 1.807) is 4.90 Å². The van der Waals surface area contributed by atoms with Crippen LogP contribution in [-0.4, -0.2) is 30.2 Å². The van der Waals surface area contributed by atoms with Crippen molar-refractivity contribution >= 4 is 6.09 Å². The van der Waals surface area contributed by atoms with Crippen LogP contribution in [-0.2, 0) is 4.74 Å². The largest absolute Gasteiger partial charge is 0.448 e. The molecule has 0 aromatic heterocycles. The van der Waals surface area contributed by atoms with Gasteiger partial charge in [-0.25, -0.2) is 4.79 Å². The van der Waals surface area contributed by atoms with Gasteiger partial charge in [0, 0.05) is 6.04 Å². The average Bonchev–Trinajstić information content (AvgIpc) is 2.36. The molecule has 1 aliphatic rings. The highest BCUT2D eigenvalue weighted by molar-refractivity contribution is 5.69. The van der Waals surface area contributed by atoms with Gasteiger partial charge in [0.2, 0.25) is 0 Å². The van der Waals surface area contributed by atoms with Gasteiger partial charge in [-0.05, 0) is 13.3 Å². The zero-order valence-electron chi connectivity index (χ0n) is 7.17. The maximum Gasteiger partial charge on any atom is 0.410 e. The third-order valence-corrected chi connectivity index (χ3v) is 2.03. The summed E-state index contributed by atoms with van der Waals surface area (Å²) in [6.07, 6.45) is 2.03. The average molecular weight is 157 g/mol. The number of carbonyl (C=O) groups is 1. The van der Waals surface area contributed by atoms with E-state index < -0.39 is 0 Å². The van der Waals surface area contributed by atoms with Crippen LogP contribution in [0, 0.1) is 0 Å². The van der Waals surface area contributed by atoms with E-state index in [-0.39, 0.29) is 6.09 Å². The quantitative estimate of drug-likeness (QED) is 0.623. The van der Waals surface area contributed by atoms with E-state index in [0.29, 0.717) is 12.6 Å². The molecule has 0 N–H and O–H groups in total. The maximum absolute atomic E-state index is 11.0. The normalized spacial score (nSPS) is 20.2. The molecule has 64 valence electrons. The molecule has 1 atom stereocenters. The SMILES string of the molecule is CCCC(C)N1CCOC1=O. The van der Waals surface area contributed by atoms with E-state index in [1.165, 1.54) is 0 Å². The van der Waals surface area contributed by atoms with Crippen LogP contribution in [0.25, 0.3) is 0 Å². The van der Waals surface area contributed by atoms with E-state index in [4.69, 9.17) is 4.74 Å². The van der Waals surface area contributed by atoms with Crippen molar-refractivity contribution in [3.8, 4) is 0 Å². The van der Waals surface area contributed by atoms with Crippen LogP contribution < -0.4 is 0 Å². The van der Waals surface area contributed by atoms with Crippen LogP contribution in [0.4, 0.5) is 4.79 Å². The molecule has 0 radical (unpaired) electrons. The molecule has 1 saturated heterocycles. The monoisotopic (exact) mass is 157 g/mol. The summed E-state index contributed by atoms with van der Waals surface area (Å²) >= 11 is 0. The van der Waals surface area contributed by atoms with Crippen LogP contribution in [0.3, 0.4) is 0 Å². The Morgan fingerprint density at radius 2 is 2.45 bits per heavy atom. The van der Waals surface area contributed by atoms with E-state index in [1.807, 2.05) is 0 Å². The Labute approximate surface area is 67.3 Å². The molecule has 1 amide bonds. The van der Waals surface area contributed by atoms with E-state index in [2.05, 4.69) is 13.8 Å². The number of rotatable bonds is 3. The number of nitrogens with zero attached hydrogens (tertiary/aromatic N) is 1. The molecule has 1 fully saturated rings. The molecule has 0 aromatic carbocycles. The first-order chi connectivity index (χ1) is 5.25. The molecule has 1 unspecified atom stereocenters. The summed E-state index contributed by atoms with van der Waals surface area (Å²) in [4.78, 5) is 12.8. The summed E-state index contributed by atoms with van der Waals surface area (Å²) in [5, 5.41) is 0. The van der Waals surface area contributed by atoms with Gasteiger partial charge >= 0.3 is 6.09 Å². The third-order valence-electron chi connectivity index (χ3n) is 2.03. The second kappa shape index (κ2) is 3.60. The van der Waals surface area contributed by atoms with Gasteiger partial charge in [-0.1, -0.05) is 13.3 Å². The van der Waals surface area contributed by atoms with Crippen molar-refractivity contribution in [2.45, 2.75) is 32.7 Å². The predicted octanol–water partition coefficient (Wildman–Crippen LogP) is 1.63.